The molecule has 398 valence electrons. The van der Waals surface area contributed by atoms with Crippen molar-refractivity contribution in [3.05, 3.63) is 35.4 Å². The molecule has 0 bridgehead atoms. The van der Waals surface area contributed by atoms with Crippen molar-refractivity contribution in [2.24, 2.45) is 16.5 Å². The zero-order chi connectivity index (χ0) is 53.3. The van der Waals surface area contributed by atoms with Crippen molar-refractivity contribution in [2.45, 2.75) is 56.7 Å². The van der Waals surface area contributed by atoms with Crippen molar-refractivity contribution >= 4 is 72.4 Å². The quantitative estimate of drug-likeness (QED) is 0.0177. The number of aliphatic imine (C=N–C) groups is 1. The van der Waals surface area contributed by atoms with Crippen molar-refractivity contribution in [3.8, 4) is 0 Å². The van der Waals surface area contributed by atoms with E-state index in [-0.39, 0.29) is 123 Å². The molecule has 2 aliphatic rings. The molecule has 2 heterocycles. The topological polar surface area (TPSA) is 433 Å². The maximum atomic E-state index is 13.6. The van der Waals surface area contributed by atoms with Gasteiger partial charge in [-0.1, -0.05) is 12.1 Å². The van der Waals surface area contributed by atoms with Gasteiger partial charge < -0.3 is 73.4 Å². The van der Waals surface area contributed by atoms with Crippen LogP contribution in [0.5, 0.6) is 0 Å². The van der Waals surface area contributed by atoms with Crippen molar-refractivity contribution < 1.29 is 78.4 Å². The van der Waals surface area contributed by atoms with E-state index in [1.165, 1.54) is 29.2 Å². The van der Waals surface area contributed by atoms with Gasteiger partial charge in [0.1, 0.15) is 12.1 Å². The molecule has 2 saturated heterocycles. The molecule has 1 aromatic rings. The van der Waals surface area contributed by atoms with Crippen molar-refractivity contribution in [1.29, 1.82) is 0 Å². The van der Waals surface area contributed by atoms with Gasteiger partial charge in [-0.05, 0) is 43.4 Å². The second kappa shape index (κ2) is 30.7. The lowest BCUT2D eigenvalue weighted by Gasteiger charge is -2.33. The van der Waals surface area contributed by atoms with Gasteiger partial charge in [0.2, 0.25) is 29.5 Å². The summed E-state index contributed by atoms with van der Waals surface area (Å²) in [6, 6.07) is 2.95. The molecular formula is C42H66BN13O16. The Balaban J connectivity index is 1.62. The molecule has 2 unspecified atom stereocenters. The van der Waals surface area contributed by atoms with E-state index in [0.29, 0.717) is 24.9 Å². The summed E-state index contributed by atoms with van der Waals surface area (Å²) in [6.07, 6.45) is 0.300. The summed E-state index contributed by atoms with van der Waals surface area (Å²) in [4.78, 5) is 137. The molecule has 2 fully saturated rings. The Morgan fingerprint density at radius 2 is 1.12 bits per heavy atom. The van der Waals surface area contributed by atoms with Gasteiger partial charge in [0.15, 0.2) is 5.96 Å². The summed E-state index contributed by atoms with van der Waals surface area (Å²) >= 11 is 0. The number of hydrogen-bond donors (Lipinski definition) is 13. The molecule has 0 spiro atoms. The van der Waals surface area contributed by atoms with Gasteiger partial charge in [-0.2, -0.15) is 0 Å². The van der Waals surface area contributed by atoms with Gasteiger partial charge in [0, 0.05) is 77.6 Å². The number of benzene rings is 1. The summed E-state index contributed by atoms with van der Waals surface area (Å²) in [5, 5.41) is 69.3. The molecule has 30 heteroatoms. The summed E-state index contributed by atoms with van der Waals surface area (Å²) in [5.41, 5.74) is 11.5. The van der Waals surface area contributed by atoms with Crippen molar-refractivity contribution in [3.63, 3.8) is 0 Å². The van der Waals surface area contributed by atoms with Crippen LogP contribution < -0.4 is 38.1 Å². The van der Waals surface area contributed by atoms with E-state index in [0.717, 1.165) is 0 Å². The molecular weight excluding hydrogens is 953 g/mol. The predicted octanol–water partition coefficient (Wildman–Crippen LogP) is -6.87. The first-order valence-electron chi connectivity index (χ1n) is 23.1. The molecule has 0 aliphatic carbocycles. The second-order valence-electron chi connectivity index (χ2n) is 17.1. The van der Waals surface area contributed by atoms with Crippen LogP contribution in [0.3, 0.4) is 0 Å². The molecule has 2 aliphatic heterocycles. The monoisotopic (exact) mass is 1020 g/mol. The maximum absolute atomic E-state index is 13.6. The summed E-state index contributed by atoms with van der Waals surface area (Å²) in [6.45, 7) is -1.25. The Labute approximate surface area is 414 Å². The number of carboxylic acids is 4. The predicted molar refractivity (Wildman–Crippen MR) is 253 cm³/mol. The summed E-state index contributed by atoms with van der Waals surface area (Å²) in [5.74, 6) is -10.2. The number of carboxylic acid groups (broad SMARTS) is 4. The maximum Gasteiger partial charge on any atom is 0.475 e. The zero-order valence-electron chi connectivity index (χ0n) is 39.8. The summed E-state index contributed by atoms with van der Waals surface area (Å²) in [7, 11) is -1.70. The lowest BCUT2D eigenvalue weighted by molar-refractivity contribution is -0.141. The fraction of sp³-hybridized carbons (Fsp3) is 0.595. The first-order valence-corrected chi connectivity index (χ1v) is 23.1. The SMILES string of the molecule is NC(N)=NCCCC(NC(=O)CN1CCN(CC(=O)O)CCN(CC(=O)O)CCN(CC(=O)O)CC1)C(=O)NCC(=O)N[C@@H](CC(=O)O)C(=O)NCc1ccc(C(=O)NCC(=O)N2CCCC2B(O)O)cc1. The molecule has 15 N–H and O–H groups in total. The number of amides is 6. The van der Waals surface area contributed by atoms with E-state index in [2.05, 4.69) is 31.6 Å². The van der Waals surface area contributed by atoms with Gasteiger partial charge in [0.25, 0.3) is 5.91 Å². The number of likely N-dealkylation sites (tertiary alicyclic amines) is 1. The number of guanidine groups is 1. The van der Waals surface area contributed by atoms with Crippen LogP contribution in [0, 0.1) is 0 Å². The molecule has 0 radical (unpaired) electrons. The normalized spacial score (nSPS) is 17.1. The minimum Gasteiger partial charge on any atom is -0.481 e. The highest BCUT2D eigenvalue weighted by molar-refractivity contribution is 6.43. The highest BCUT2D eigenvalue weighted by Crippen LogP contribution is 2.18. The standard InChI is InChI=1S/C42H66BN13O16/c44-42(45)46-9-1-3-29(50-33(58)23-52-11-13-53(24-36(62)63)15-17-55(26-38(66)67)18-16-54(14-12-52)25-37(64)65)40(69)48-21-32(57)51-30(19-35(60)61)41(70)47-20-27-5-7-28(8-6-27)39(68)49-22-34(59)56-10-2-4-31(56)43(71)72/h5-8,29-31,71-72H,1-4,9-26H2,(H,47,70)(H,48,69)(H,49,68)(H,50,58)(H,51,57)(H,60,61)(H,62,63)(H,64,65)(H,66,67)(H4,44,45,46)/t29?,30-,31?/m0/s1. The fourth-order valence-corrected chi connectivity index (χ4v) is 7.78. The average Bonchev–Trinajstić information content (AvgIpc) is 3.81. The molecule has 6 amide bonds. The molecule has 72 heavy (non-hydrogen) atoms. The minimum absolute atomic E-state index is 0.0344. The van der Waals surface area contributed by atoms with Gasteiger partial charge in [0.05, 0.1) is 51.6 Å². The Morgan fingerprint density at radius 3 is 1.61 bits per heavy atom. The molecule has 0 saturated carbocycles. The van der Waals surface area contributed by atoms with Gasteiger partial charge >= 0.3 is 31.0 Å². The van der Waals surface area contributed by atoms with Crippen LogP contribution in [-0.2, 0) is 49.7 Å². The second-order valence-corrected chi connectivity index (χ2v) is 17.1. The van der Waals surface area contributed by atoms with E-state index < -0.39 is 97.4 Å². The average molecular weight is 1020 g/mol. The first kappa shape index (κ1) is 59.3. The number of rotatable bonds is 26. The van der Waals surface area contributed by atoms with Crippen LogP contribution in [0.4, 0.5) is 0 Å². The largest absolute Gasteiger partial charge is 0.481 e. The van der Waals surface area contributed by atoms with Crippen LogP contribution in [0.1, 0.15) is 48.0 Å². The zero-order valence-corrected chi connectivity index (χ0v) is 39.8. The van der Waals surface area contributed by atoms with Gasteiger partial charge in [-0.15, -0.1) is 0 Å². The van der Waals surface area contributed by atoms with Crippen LogP contribution in [0.2, 0.25) is 0 Å². The number of aliphatic carboxylic acids is 4. The number of nitrogens with one attached hydrogen (secondary N) is 5. The number of hydrogen-bond acceptors (Lipinski definition) is 17. The van der Waals surface area contributed by atoms with Crippen molar-refractivity contribution in [2.75, 3.05) is 105 Å². The number of carbonyl (C=O) groups is 10. The lowest BCUT2D eigenvalue weighted by Crippen LogP contribution is -2.54. The molecule has 3 atom stereocenters. The number of nitrogens with zero attached hydrogens (tertiary/aromatic N) is 6. The van der Waals surface area contributed by atoms with Crippen LogP contribution >= 0.6 is 0 Å². The first-order chi connectivity index (χ1) is 34.1. The molecule has 29 nitrogen and oxygen atoms in total. The van der Waals surface area contributed by atoms with Crippen LogP contribution in [0.15, 0.2) is 29.3 Å². The van der Waals surface area contributed by atoms with E-state index in [9.17, 15) is 78.4 Å². The highest BCUT2D eigenvalue weighted by Gasteiger charge is 2.37. The summed E-state index contributed by atoms with van der Waals surface area (Å²) < 4.78 is 0. The minimum atomic E-state index is -1.70. The van der Waals surface area contributed by atoms with E-state index in [4.69, 9.17) is 11.5 Å². The Bertz CT molecular complexity index is 2050. The van der Waals surface area contributed by atoms with E-state index in [1.54, 1.807) is 19.6 Å². The van der Waals surface area contributed by atoms with E-state index >= 15 is 0 Å². The Morgan fingerprint density at radius 1 is 0.625 bits per heavy atom. The lowest BCUT2D eigenvalue weighted by atomic mass is 9.78. The van der Waals surface area contributed by atoms with Crippen molar-refractivity contribution in [1.82, 2.24) is 51.1 Å². The third-order valence-corrected chi connectivity index (χ3v) is 11.5. The van der Waals surface area contributed by atoms with Gasteiger partial charge in [-0.3, -0.25) is 72.5 Å². The van der Waals surface area contributed by atoms with Gasteiger partial charge in [-0.25, -0.2) is 0 Å². The Hall–Kier alpha value is -6.99. The fourth-order valence-electron chi connectivity index (χ4n) is 7.78. The highest BCUT2D eigenvalue weighted by atomic mass is 16.4. The van der Waals surface area contributed by atoms with Crippen LogP contribution in [-0.4, -0.2) is 250 Å². The molecule has 3 rings (SSSR count). The number of nitrogens with two attached hydrogens (primary N) is 2. The third-order valence-electron chi connectivity index (χ3n) is 11.5. The molecule has 1 aromatic carbocycles. The number of carbonyl (C=O) groups excluding carboxylic acids is 6. The smallest absolute Gasteiger partial charge is 0.475 e. The van der Waals surface area contributed by atoms with E-state index in [1.807, 2.05) is 0 Å². The molecule has 0 aromatic heterocycles. The third kappa shape index (κ3) is 22.8. The Kier molecular flexibility index (Phi) is 25.3. The van der Waals surface area contributed by atoms with Crippen LogP contribution in [0.25, 0.3) is 0 Å².